The summed E-state index contributed by atoms with van der Waals surface area (Å²) in [5.74, 6) is -0.161. The topological polar surface area (TPSA) is 55.8 Å². The van der Waals surface area contributed by atoms with Gasteiger partial charge in [-0.15, -0.1) is 0 Å². The first kappa shape index (κ1) is 18.7. The minimum absolute atomic E-state index is 0.119. The summed E-state index contributed by atoms with van der Waals surface area (Å²) < 4.78 is 10.8. The van der Waals surface area contributed by atoms with Gasteiger partial charge < -0.3 is 14.6 Å². The minimum Gasteiger partial charge on any atom is -0.480 e. The lowest BCUT2D eigenvalue weighted by molar-refractivity contribution is -0.145. The number of carboxylic acid groups (broad SMARTS) is 1. The molecule has 0 heterocycles. The average Bonchev–Trinajstić information content (AvgIpc) is 2.38. The van der Waals surface area contributed by atoms with Crippen LogP contribution in [0.5, 0.6) is 0 Å². The number of thioether (sulfide) groups is 1. The van der Waals surface area contributed by atoms with Gasteiger partial charge in [0.05, 0.1) is 12.7 Å². The van der Waals surface area contributed by atoms with E-state index in [2.05, 4.69) is 6.92 Å². The zero-order valence-corrected chi connectivity index (χ0v) is 13.0. The van der Waals surface area contributed by atoms with E-state index in [-0.39, 0.29) is 12.7 Å². The predicted octanol–water partition coefficient (Wildman–Crippen LogP) is 3.20. The molecule has 1 N–H and O–H groups in total. The lowest BCUT2D eigenvalue weighted by atomic mass is 10.1. The van der Waals surface area contributed by atoms with Gasteiger partial charge in [-0.1, -0.05) is 39.0 Å². The second-order valence-electron chi connectivity index (χ2n) is 4.62. The molecule has 19 heavy (non-hydrogen) atoms. The van der Waals surface area contributed by atoms with E-state index in [1.54, 1.807) is 11.8 Å². The van der Waals surface area contributed by atoms with Crippen molar-refractivity contribution in [3.8, 4) is 0 Å². The first-order valence-electron chi connectivity index (χ1n) is 7.10. The molecule has 0 bridgehead atoms. The highest BCUT2D eigenvalue weighted by Gasteiger charge is 2.10. The summed E-state index contributed by atoms with van der Waals surface area (Å²) in [6.45, 7) is 3.20. The van der Waals surface area contributed by atoms with E-state index in [0.717, 1.165) is 18.8 Å². The van der Waals surface area contributed by atoms with Crippen molar-refractivity contribution >= 4 is 17.7 Å². The van der Waals surface area contributed by atoms with E-state index < -0.39 is 5.97 Å². The zero-order chi connectivity index (χ0) is 14.3. The molecular formula is C14H28O4S. The summed E-state index contributed by atoms with van der Waals surface area (Å²) >= 11 is 1.64. The average molecular weight is 292 g/mol. The van der Waals surface area contributed by atoms with Crippen LogP contribution < -0.4 is 0 Å². The quantitative estimate of drug-likeness (QED) is 0.498. The molecule has 0 saturated carbocycles. The zero-order valence-electron chi connectivity index (χ0n) is 12.2. The molecule has 0 radical (unpaired) electrons. The van der Waals surface area contributed by atoms with Crippen LogP contribution in [0.3, 0.4) is 0 Å². The van der Waals surface area contributed by atoms with Gasteiger partial charge in [0, 0.05) is 12.4 Å². The molecule has 1 atom stereocenters. The highest BCUT2D eigenvalue weighted by molar-refractivity contribution is 7.98. The SMILES string of the molecule is CCCCCCCCOCC(CSC)OCC(=O)O. The third kappa shape index (κ3) is 14.0. The van der Waals surface area contributed by atoms with Crippen LogP contribution in [0.1, 0.15) is 45.4 Å². The Morgan fingerprint density at radius 2 is 1.89 bits per heavy atom. The molecular weight excluding hydrogens is 264 g/mol. The smallest absolute Gasteiger partial charge is 0.329 e. The number of aliphatic carboxylic acids is 1. The van der Waals surface area contributed by atoms with E-state index in [9.17, 15) is 4.79 Å². The van der Waals surface area contributed by atoms with Gasteiger partial charge in [0.15, 0.2) is 0 Å². The van der Waals surface area contributed by atoms with Gasteiger partial charge in [-0.25, -0.2) is 4.79 Å². The van der Waals surface area contributed by atoms with Crippen molar-refractivity contribution in [2.24, 2.45) is 0 Å². The lowest BCUT2D eigenvalue weighted by Crippen LogP contribution is -2.25. The Labute approximate surface area is 121 Å². The van der Waals surface area contributed by atoms with Crippen LogP contribution in [0.25, 0.3) is 0 Å². The normalized spacial score (nSPS) is 12.5. The van der Waals surface area contributed by atoms with Crippen molar-refractivity contribution < 1.29 is 19.4 Å². The Kier molecular flexibility index (Phi) is 14.0. The number of hydrogen-bond acceptors (Lipinski definition) is 4. The molecule has 1 unspecified atom stereocenters. The van der Waals surface area contributed by atoms with Gasteiger partial charge in [0.1, 0.15) is 6.61 Å². The van der Waals surface area contributed by atoms with E-state index in [0.29, 0.717) is 6.61 Å². The highest BCUT2D eigenvalue weighted by atomic mass is 32.2. The molecule has 0 amide bonds. The number of unbranched alkanes of at least 4 members (excludes halogenated alkanes) is 5. The Bertz CT molecular complexity index is 212. The third-order valence-electron chi connectivity index (χ3n) is 2.74. The van der Waals surface area contributed by atoms with Crippen LogP contribution in [0.2, 0.25) is 0 Å². The molecule has 114 valence electrons. The van der Waals surface area contributed by atoms with Gasteiger partial charge in [-0.2, -0.15) is 11.8 Å². The van der Waals surface area contributed by atoms with Gasteiger partial charge in [0.25, 0.3) is 0 Å². The lowest BCUT2D eigenvalue weighted by Gasteiger charge is -2.15. The number of rotatable bonds is 14. The van der Waals surface area contributed by atoms with Crippen LogP contribution in [0.4, 0.5) is 0 Å². The van der Waals surface area contributed by atoms with E-state index in [4.69, 9.17) is 14.6 Å². The summed E-state index contributed by atoms with van der Waals surface area (Å²) in [7, 11) is 0. The van der Waals surface area contributed by atoms with Gasteiger partial charge in [-0.3, -0.25) is 0 Å². The monoisotopic (exact) mass is 292 g/mol. The molecule has 0 rings (SSSR count). The predicted molar refractivity (Wildman–Crippen MR) is 80.0 cm³/mol. The summed E-state index contributed by atoms with van der Waals surface area (Å²) in [4.78, 5) is 10.4. The maximum atomic E-state index is 10.4. The molecule has 0 aliphatic rings. The second-order valence-corrected chi connectivity index (χ2v) is 5.54. The van der Waals surface area contributed by atoms with Crippen molar-refractivity contribution in [2.75, 3.05) is 31.8 Å². The summed E-state index contributed by atoms with van der Waals surface area (Å²) in [5.41, 5.74) is 0. The van der Waals surface area contributed by atoms with E-state index in [1.807, 2.05) is 6.26 Å². The minimum atomic E-state index is -0.929. The van der Waals surface area contributed by atoms with Crippen molar-refractivity contribution in [1.82, 2.24) is 0 Å². The largest absolute Gasteiger partial charge is 0.480 e. The molecule has 0 spiro atoms. The van der Waals surface area contributed by atoms with Crippen molar-refractivity contribution in [3.63, 3.8) is 0 Å². The third-order valence-corrected chi connectivity index (χ3v) is 3.45. The molecule has 0 saturated heterocycles. The Balaban J connectivity index is 3.44. The van der Waals surface area contributed by atoms with Crippen LogP contribution >= 0.6 is 11.8 Å². The number of ether oxygens (including phenoxy) is 2. The van der Waals surface area contributed by atoms with Gasteiger partial charge >= 0.3 is 5.97 Å². The summed E-state index contributed by atoms with van der Waals surface area (Å²) in [6.07, 6.45) is 9.33. The fraction of sp³-hybridized carbons (Fsp3) is 0.929. The second kappa shape index (κ2) is 14.2. The van der Waals surface area contributed by atoms with E-state index in [1.165, 1.54) is 32.1 Å². The Morgan fingerprint density at radius 3 is 2.53 bits per heavy atom. The number of carboxylic acids is 1. The highest BCUT2D eigenvalue weighted by Crippen LogP contribution is 2.06. The van der Waals surface area contributed by atoms with Crippen LogP contribution in [-0.2, 0) is 14.3 Å². The molecule has 0 aliphatic heterocycles. The van der Waals surface area contributed by atoms with E-state index >= 15 is 0 Å². The van der Waals surface area contributed by atoms with Crippen LogP contribution in [0.15, 0.2) is 0 Å². The maximum absolute atomic E-state index is 10.4. The molecule has 0 aromatic heterocycles. The molecule has 0 aliphatic carbocycles. The molecule has 0 aromatic carbocycles. The van der Waals surface area contributed by atoms with Gasteiger partial charge in [-0.05, 0) is 12.7 Å². The molecule has 5 heteroatoms. The fourth-order valence-corrected chi connectivity index (χ4v) is 2.28. The number of hydrogen-bond donors (Lipinski definition) is 1. The van der Waals surface area contributed by atoms with Gasteiger partial charge in [0.2, 0.25) is 0 Å². The molecule has 0 fully saturated rings. The van der Waals surface area contributed by atoms with Crippen LogP contribution in [-0.4, -0.2) is 49.0 Å². The Morgan fingerprint density at radius 1 is 1.21 bits per heavy atom. The first-order valence-corrected chi connectivity index (χ1v) is 8.50. The standard InChI is InChI=1S/C14H28O4S/c1-3-4-5-6-7-8-9-17-10-13(12-19-2)18-11-14(15)16/h13H,3-12H2,1-2H3,(H,15,16). The first-order chi connectivity index (χ1) is 9.20. The van der Waals surface area contributed by atoms with Crippen molar-refractivity contribution in [1.29, 1.82) is 0 Å². The number of carbonyl (C=O) groups is 1. The summed E-state index contributed by atoms with van der Waals surface area (Å²) in [5, 5.41) is 8.57. The Hall–Kier alpha value is -0.260. The molecule has 4 nitrogen and oxygen atoms in total. The summed E-state index contributed by atoms with van der Waals surface area (Å²) in [6, 6.07) is 0. The maximum Gasteiger partial charge on any atom is 0.329 e. The fourth-order valence-electron chi connectivity index (χ4n) is 1.72. The van der Waals surface area contributed by atoms with Crippen LogP contribution in [0, 0.1) is 0 Å². The molecule has 0 aromatic rings. The van der Waals surface area contributed by atoms with Crippen molar-refractivity contribution in [2.45, 2.75) is 51.6 Å². The van der Waals surface area contributed by atoms with Crippen molar-refractivity contribution in [3.05, 3.63) is 0 Å².